The number of aliphatic hydroxyl groups is 1. The van der Waals surface area contributed by atoms with Gasteiger partial charge in [-0.2, -0.15) is 11.8 Å². The first-order chi connectivity index (χ1) is 18.2. The molecule has 0 aliphatic heterocycles. The van der Waals surface area contributed by atoms with Crippen LogP contribution in [-0.4, -0.2) is 60.3 Å². The van der Waals surface area contributed by atoms with Crippen LogP contribution in [0, 0.1) is 0 Å². The number of carbonyl (C=O) groups is 1. The summed E-state index contributed by atoms with van der Waals surface area (Å²) in [7, 11) is -1.35. The third-order valence-electron chi connectivity index (χ3n) is 5.86. The number of phosphoric acid groups is 1. The van der Waals surface area contributed by atoms with E-state index in [4.69, 9.17) is 18.3 Å². The Bertz CT molecular complexity index is 699. The first-order valence-electron chi connectivity index (χ1n) is 14.6. The second kappa shape index (κ2) is 21.2. The van der Waals surface area contributed by atoms with Gasteiger partial charge in [0.15, 0.2) is 0 Å². The summed E-state index contributed by atoms with van der Waals surface area (Å²) in [6.45, 7) is 11.8. The molecule has 0 bridgehead atoms. The SMILES string of the molecule is COP(=O)(OC)OC[C@H](NC(=O)OC(C)(C)C)[C@H](O)/C=C/CCCCCCCCCCCCCSC(C)(C)C. The molecule has 2 N–H and O–H groups in total. The van der Waals surface area contributed by atoms with Gasteiger partial charge in [0, 0.05) is 19.0 Å². The Balaban J connectivity index is 4.15. The summed E-state index contributed by atoms with van der Waals surface area (Å²) in [5.74, 6) is 1.28. The minimum absolute atomic E-state index is 0.278. The number of carbonyl (C=O) groups excluding carboxylic acids is 1. The molecule has 0 unspecified atom stereocenters. The number of phosphoric ester groups is 1. The second-order valence-corrected chi connectivity index (χ2v) is 15.7. The smallest absolute Gasteiger partial charge is 0.444 e. The first-order valence-corrected chi connectivity index (χ1v) is 17.0. The molecule has 0 aliphatic rings. The Morgan fingerprint density at radius 3 is 1.82 bits per heavy atom. The summed E-state index contributed by atoms with van der Waals surface area (Å²) in [6, 6.07) is -0.892. The fourth-order valence-corrected chi connectivity index (χ4v) is 5.40. The number of ether oxygens (including phenoxy) is 1. The van der Waals surface area contributed by atoms with Crippen LogP contribution in [-0.2, 0) is 22.9 Å². The Hall–Kier alpha value is -0.570. The largest absolute Gasteiger partial charge is 0.474 e. The maximum Gasteiger partial charge on any atom is 0.474 e. The van der Waals surface area contributed by atoms with Gasteiger partial charge in [-0.25, -0.2) is 9.36 Å². The highest BCUT2D eigenvalue weighted by atomic mass is 32.2. The van der Waals surface area contributed by atoms with Crippen LogP contribution in [0.15, 0.2) is 12.2 Å². The van der Waals surface area contributed by atoms with Crippen molar-refractivity contribution in [3.63, 3.8) is 0 Å². The monoisotopic (exact) mass is 595 g/mol. The van der Waals surface area contributed by atoms with E-state index < -0.39 is 31.7 Å². The zero-order valence-corrected chi connectivity index (χ0v) is 27.7. The lowest BCUT2D eigenvalue weighted by molar-refractivity contribution is 0.0389. The van der Waals surface area contributed by atoms with Gasteiger partial charge in [-0.05, 0) is 45.8 Å². The Labute approximate surface area is 243 Å². The number of thioether (sulfide) groups is 1. The predicted molar refractivity (Wildman–Crippen MR) is 163 cm³/mol. The fraction of sp³-hybridized carbons (Fsp3) is 0.897. The maximum absolute atomic E-state index is 12.2. The number of aliphatic hydroxyl groups excluding tert-OH is 1. The first kappa shape index (κ1) is 38.4. The summed E-state index contributed by atoms with van der Waals surface area (Å²) in [5.41, 5.74) is -0.699. The van der Waals surface area contributed by atoms with Crippen LogP contribution >= 0.6 is 19.6 Å². The predicted octanol–water partition coefficient (Wildman–Crippen LogP) is 8.43. The number of hydrogen-bond acceptors (Lipinski definition) is 8. The number of unbranched alkanes of at least 4 members (excludes halogenated alkanes) is 11. The van der Waals surface area contributed by atoms with Crippen molar-refractivity contribution < 1.29 is 32.8 Å². The highest BCUT2D eigenvalue weighted by Crippen LogP contribution is 2.47. The molecular weight excluding hydrogens is 537 g/mol. The second-order valence-electron chi connectivity index (χ2n) is 11.9. The van der Waals surface area contributed by atoms with E-state index in [9.17, 15) is 14.5 Å². The van der Waals surface area contributed by atoms with Crippen molar-refractivity contribution in [1.29, 1.82) is 0 Å². The molecule has 8 nitrogen and oxygen atoms in total. The van der Waals surface area contributed by atoms with Gasteiger partial charge in [-0.1, -0.05) is 90.7 Å². The molecule has 39 heavy (non-hydrogen) atoms. The molecule has 0 aliphatic carbocycles. The van der Waals surface area contributed by atoms with Crippen molar-refractivity contribution in [2.45, 2.75) is 141 Å². The van der Waals surface area contributed by atoms with Gasteiger partial charge in [0.25, 0.3) is 0 Å². The van der Waals surface area contributed by atoms with Crippen molar-refractivity contribution in [2.75, 3.05) is 26.6 Å². The third kappa shape index (κ3) is 23.8. The number of hydrogen-bond donors (Lipinski definition) is 2. The molecule has 0 saturated heterocycles. The quantitative estimate of drug-likeness (QED) is 0.0730. The molecule has 0 aromatic heterocycles. The van der Waals surface area contributed by atoms with Crippen molar-refractivity contribution >= 4 is 25.7 Å². The molecule has 1 amide bonds. The zero-order valence-electron chi connectivity index (χ0n) is 26.0. The lowest BCUT2D eigenvalue weighted by Gasteiger charge is -2.26. The molecule has 0 radical (unpaired) electrons. The van der Waals surface area contributed by atoms with Crippen LogP contribution in [0.5, 0.6) is 0 Å². The summed E-state index contributed by atoms with van der Waals surface area (Å²) in [5, 5.41) is 13.2. The Morgan fingerprint density at radius 1 is 0.872 bits per heavy atom. The van der Waals surface area contributed by atoms with Gasteiger partial charge < -0.3 is 15.2 Å². The molecule has 0 aromatic carbocycles. The average molecular weight is 596 g/mol. The van der Waals surface area contributed by atoms with Crippen LogP contribution in [0.4, 0.5) is 4.79 Å². The normalized spacial score (nSPS) is 14.5. The van der Waals surface area contributed by atoms with Gasteiger partial charge in [-0.3, -0.25) is 13.6 Å². The molecule has 232 valence electrons. The van der Waals surface area contributed by atoms with E-state index in [0.29, 0.717) is 4.75 Å². The van der Waals surface area contributed by atoms with E-state index in [1.54, 1.807) is 26.8 Å². The van der Waals surface area contributed by atoms with Gasteiger partial charge in [0.1, 0.15) is 5.60 Å². The molecule has 10 heteroatoms. The Morgan fingerprint density at radius 2 is 1.36 bits per heavy atom. The topological polar surface area (TPSA) is 103 Å². The van der Waals surface area contributed by atoms with Crippen molar-refractivity contribution in [2.24, 2.45) is 0 Å². The molecule has 0 rings (SSSR count). The van der Waals surface area contributed by atoms with E-state index in [2.05, 4.69) is 37.8 Å². The molecular formula is C29H58NO7PS. The number of amides is 1. The number of allylic oxidation sites excluding steroid dienone is 1. The van der Waals surface area contributed by atoms with Crippen molar-refractivity contribution in [3.8, 4) is 0 Å². The van der Waals surface area contributed by atoms with Crippen LogP contribution in [0.25, 0.3) is 0 Å². The maximum atomic E-state index is 12.2. The minimum Gasteiger partial charge on any atom is -0.444 e. The summed E-state index contributed by atoms with van der Waals surface area (Å²) < 4.78 is 32.6. The standard InChI is InChI=1S/C29H58NO7PS/c1-28(2,3)37-27(32)30-25(24-36-38(33,34-7)35-8)26(31)22-20-18-16-14-12-10-9-11-13-15-17-19-21-23-39-29(4,5)6/h20,22,25-26,31H,9-19,21,23-24H2,1-8H3,(H,30,32)/b22-20+/t25-,26+/m0/s1. The summed E-state index contributed by atoms with van der Waals surface area (Å²) in [6.07, 6.45) is 16.7. The van der Waals surface area contributed by atoms with Crippen LogP contribution in [0.3, 0.4) is 0 Å². The highest BCUT2D eigenvalue weighted by Gasteiger charge is 2.29. The zero-order chi connectivity index (χ0) is 29.8. The summed E-state index contributed by atoms with van der Waals surface area (Å²) >= 11 is 2.07. The van der Waals surface area contributed by atoms with Gasteiger partial charge in [0.05, 0.1) is 18.8 Å². The van der Waals surface area contributed by atoms with E-state index in [1.807, 2.05) is 6.08 Å². The highest BCUT2D eigenvalue weighted by molar-refractivity contribution is 8.00. The number of rotatable bonds is 22. The van der Waals surface area contributed by atoms with E-state index in [1.165, 1.54) is 77.8 Å². The van der Waals surface area contributed by atoms with Crippen LogP contribution in [0.1, 0.15) is 119 Å². The summed E-state index contributed by atoms with van der Waals surface area (Å²) in [4.78, 5) is 12.2. The molecule has 0 saturated carbocycles. The van der Waals surface area contributed by atoms with E-state index >= 15 is 0 Å². The number of nitrogens with one attached hydrogen (secondary N) is 1. The number of alkyl carbamates (subject to hydrolysis) is 1. The molecule has 0 aromatic rings. The van der Waals surface area contributed by atoms with E-state index in [0.717, 1.165) is 19.3 Å². The van der Waals surface area contributed by atoms with Crippen LogP contribution in [0.2, 0.25) is 0 Å². The minimum atomic E-state index is -3.76. The molecule has 2 atom stereocenters. The van der Waals surface area contributed by atoms with E-state index in [-0.39, 0.29) is 6.61 Å². The molecule has 0 fully saturated rings. The van der Waals surface area contributed by atoms with Crippen molar-refractivity contribution in [3.05, 3.63) is 12.2 Å². The van der Waals surface area contributed by atoms with Crippen molar-refractivity contribution in [1.82, 2.24) is 5.32 Å². The molecule has 0 spiro atoms. The third-order valence-corrected chi connectivity index (χ3v) is 8.58. The lowest BCUT2D eigenvalue weighted by atomic mass is 10.0. The molecule has 0 heterocycles. The van der Waals surface area contributed by atoms with Crippen LogP contribution < -0.4 is 5.32 Å². The van der Waals surface area contributed by atoms with Gasteiger partial charge >= 0.3 is 13.9 Å². The fourth-order valence-electron chi connectivity index (χ4n) is 3.74. The van der Waals surface area contributed by atoms with Gasteiger partial charge in [-0.15, -0.1) is 0 Å². The van der Waals surface area contributed by atoms with Gasteiger partial charge in [0.2, 0.25) is 0 Å². The Kier molecular flexibility index (Phi) is 20.9. The lowest BCUT2D eigenvalue weighted by Crippen LogP contribution is -2.47. The average Bonchev–Trinajstić information content (AvgIpc) is 2.84.